The molecule has 272 valence electrons. The third-order valence-corrected chi connectivity index (χ3v) is 8.54. The second-order valence-electron chi connectivity index (χ2n) is 10.4. The number of aliphatic carboxylic acids is 2. The minimum absolute atomic E-state index is 0.00757. The number of methoxy groups -OCH3 is 2. The molecule has 1 fully saturated rings. The van der Waals surface area contributed by atoms with Gasteiger partial charge in [-0.2, -0.15) is 0 Å². The van der Waals surface area contributed by atoms with Gasteiger partial charge in [0.15, 0.2) is 0 Å². The van der Waals surface area contributed by atoms with E-state index in [1.807, 2.05) is 0 Å². The number of carbonyl (C=O) groups is 7. The SMILES string of the molecule is CCOC(=O)NC(CCCC(=O)NC1(OC)C(=O)N2C(C(=O)O)=C(COC(=O)C(=Cc3ccc(OC(=O)OCC)cc3)OC)CS[C@H]21)C(=O)O. The number of hydrogen-bond donors (Lipinski definition) is 4. The Hall–Kier alpha value is -5.30. The molecule has 2 aliphatic rings. The van der Waals surface area contributed by atoms with Crippen molar-refractivity contribution in [2.24, 2.45) is 0 Å². The average molecular weight is 724 g/mol. The highest BCUT2D eigenvalue weighted by atomic mass is 32.2. The van der Waals surface area contributed by atoms with Crippen LogP contribution in [0.1, 0.15) is 38.7 Å². The minimum atomic E-state index is -1.91. The van der Waals surface area contributed by atoms with E-state index in [0.29, 0.717) is 5.56 Å². The number of rotatable bonds is 17. The average Bonchev–Trinajstić information content (AvgIpc) is 3.08. The van der Waals surface area contributed by atoms with Crippen LogP contribution in [0.15, 0.2) is 41.3 Å². The van der Waals surface area contributed by atoms with Crippen molar-refractivity contribution in [1.29, 1.82) is 0 Å². The van der Waals surface area contributed by atoms with Gasteiger partial charge >= 0.3 is 30.2 Å². The molecule has 19 heteroatoms. The number of carboxylic acid groups (broad SMARTS) is 2. The third-order valence-electron chi connectivity index (χ3n) is 7.16. The molecule has 3 amide bonds. The maximum atomic E-state index is 13.4. The highest BCUT2D eigenvalue weighted by molar-refractivity contribution is 8.00. The van der Waals surface area contributed by atoms with Gasteiger partial charge in [-0.3, -0.25) is 14.5 Å². The number of fused-ring (bicyclic) bond motifs is 1. The molecule has 0 saturated carbocycles. The summed E-state index contributed by atoms with van der Waals surface area (Å²) in [6.45, 7) is 2.86. The summed E-state index contributed by atoms with van der Waals surface area (Å²) in [5.41, 5.74) is -1.78. The van der Waals surface area contributed by atoms with Crippen LogP contribution in [0.25, 0.3) is 6.08 Å². The number of hydrogen-bond acceptors (Lipinski definition) is 14. The monoisotopic (exact) mass is 723 g/mol. The van der Waals surface area contributed by atoms with Crippen molar-refractivity contribution < 1.29 is 72.2 Å². The predicted molar refractivity (Wildman–Crippen MR) is 171 cm³/mol. The molecule has 0 spiro atoms. The van der Waals surface area contributed by atoms with Crippen molar-refractivity contribution in [3.63, 3.8) is 0 Å². The van der Waals surface area contributed by atoms with E-state index in [1.165, 1.54) is 44.6 Å². The zero-order valence-electron chi connectivity index (χ0n) is 27.5. The topological polar surface area (TPSA) is 243 Å². The van der Waals surface area contributed by atoms with Gasteiger partial charge in [-0.15, -0.1) is 11.8 Å². The van der Waals surface area contributed by atoms with Gasteiger partial charge in [-0.05, 0) is 50.5 Å². The maximum absolute atomic E-state index is 13.4. The number of thioether (sulfide) groups is 1. The van der Waals surface area contributed by atoms with E-state index in [0.717, 1.165) is 16.7 Å². The van der Waals surface area contributed by atoms with E-state index in [9.17, 15) is 43.8 Å². The smallest absolute Gasteiger partial charge is 0.490 e. The second-order valence-corrected chi connectivity index (χ2v) is 11.4. The molecule has 0 radical (unpaired) electrons. The zero-order chi connectivity index (χ0) is 37.0. The summed E-state index contributed by atoms with van der Waals surface area (Å²) in [5, 5.41) is 23.0. The second kappa shape index (κ2) is 17.9. The Morgan fingerprint density at radius 1 is 1.04 bits per heavy atom. The molecule has 50 heavy (non-hydrogen) atoms. The number of carboxylic acids is 2. The first-order valence-corrected chi connectivity index (χ1v) is 16.2. The number of nitrogens with zero attached hydrogens (tertiary/aromatic N) is 1. The van der Waals surface area contributed by atoms with Gasteiger partial charge in [0.2, 0.25) is 11.7 Å². The van der Waals surface area contributed by atoms with Crippen LogP contribution in [-0.2, 0) is 47.7 Å². The normalized spacial score (nSPS) is 18.9. The number of nitrogens with one attached hydrogen (secondary N) is 2. The van der Waals surface area contributed by atoms with Gasteiger partial charge in [-0.25, -0.2) is 24.0 Å². The van der Waals surface area contributed by atoms with E-state index in [-0.39, 0.29) is 55.3 Å². The molecule has 2 heterocycles. The molecule has 2 aliphatic heterocycles. The summed E-state index contributed by atoms with van der Waals surface area (Å²) in [5.74, 6) is -5.34. The summed E-state index contributed by atoms with van der Waals surface area (Å²) in [7, 11) is 2.40. The fourth-order valence-electron chi connectivity index (χ4n) is 4.82. The molecule has 0 aromatic heterocycles. The van der Waals surface area contributed by atoms with E-state index < -0.39 is 71.4 Å². The molecule has 0 aliphatic carbocycles. The summed E-state index contributed by atoms with van der Waals surface area (Å²) >= 11 is 1.06. The lowest BCUT2D eigenvalue weighted by atomic mass is 9.97. The predicted octanol–water partition coefficient (Wildman–Crippen LogP) is 1.83. The number of alkyl carbamates (subject to hydrolysis) is 1. The summed E-state index contributed by atoms with van der Waals surface area (Å²) in [6, 6.07) is 4.69. The minimum Gasteiger partial charge on any atom is -0.490 e. The lowest BCUT2D eigenvalue weighted by molar-refractivity contribution is -0.192. The lowest BCUT2D eigenvalue weighted by Crippen LogP contribution is -2.80. The van der Waals surface area contributed by atoms with Crippen LogP contribution in [0.3, 0.4) is 0 Å². The van der Waals surface area contributed by atoms with Crippen molar-refractivity contribution in [3.05, 3.63) is 46.9 Å². The first-order valence-electron chi connectivity index (χ1n) is 15.1. The molecule has 18 nitrogen and oxygen atoms in total. The highest BCUT2D eigenvalue weighted by Crippen LogP contribution is 2.46. The van der Waals surface area contributed by atoms with Gasteiger partial charge in [-0.1, -0.05) is 12.1 Å². The van der Waals surface area contributed by atoms with Crippen LogP contribution >= 0.6 is 11.8 Å². The van der Waals surface area contributed by atoms with Gasteiger partial charge in [0.1, 0.15) is 29.5 Å². The maximum Gasteiger partial charge on any atom is 0.513 e. The molecule has 2 unspecified atom stereocenters. The third kappa shape index (κ3) is 9.44. The Morgan fingerprint density at radius 3 is 2.30 bits per heavy atom. The Morgan fingerprint density at radius 2 is 1.72 bits per heavy atom. The van der Waals surface area contributed by atoms with Crippen molar-refractivity contribution in [2.45, 2.75) is 50.3 Å². The van der Waals surface area contributed by atoms with E-state index in [4.69, 9.17) is 23.7 Å². The fourth-order valence-corrected chi connectivity index (χ4v) is 6.24. The van der Waals surface area contributed by atoms with Gasteiger partial charge < -0.3 is 49.3 Å². The Kier molecular flexibility index (Phi) is 14.0. The molecule has 0 bridgehead atoms. The van der Waals surface area contributed by atoms with Gasteiger partial charge in [0.25, 0.3) is 11.6 Å². The Labute approximate surface area is 290 Å². The molecule has 1 aromatic carbocycles. The van der Waals surface area contributed by atoms with Crippen molar-refractivity contribution in [3.8, 4) is 5.75 Å². The largest absolute Gasteiger partial charge is 0.513 e. The van der Waals surface area contributed by atoms with E-state index >= 15 is 0 Å². The standard InChI is InChI=1S/C31H37N3O15S/c1-5-46-29(42)32-20(24(36)37)8-7-9-22(35)33-31(45-4)27(41)34-23(25(38)39)18(16-50-28(31)34)15-48-26(40)21(44-3)14-17-10-12-19(13-11-17)49-30(43)47-6-2/h10-14,20,28H,5-9,15-16H2,1-4H3,(H,32,42)(H,33,35)(H,36,37)(H,38,39)/t20?,28-,31?/m0/s1. The first-order chi connectivity index (χ1) is 23.8. The van der Waals surface area contributed by atoms with Crippen molar-refractivity contribution in [1.82, 2.24) is 15.5 Å². The number of benzene rings is 1. The molecular formula is C31H37N3O15S. The van der Waals surface area contributed by atoms with Crippen LogP contribution in [0.4, 0.5) is 9.59 Å². The number of carbonyl (C=O) groups excluding carboxylic acids is 5. The lowest BCUT2D eigenvalue weighted by Gasteiger charge is -2.55. The molecule has 1 saturated heterocycles. The van der Waals surface area contributed by atoms with Gasteiger partial charge in [0.05, 0.1) is 20.3 Å². The molecular weight excluding hydrogens is 686 g/mol. The van der Waals surface area contributed by atoms with Crippen LogP contribution in [0.2, 0.25) is 0 Å². The number of amides is 3. The summed E-state index contributed by atoms with van der Waals surface area (Å²) < 4.78 is 30.3. The van der Waals surface area contributed by atoms with Crippen molar-refractivity contribution in [2.75, 3.05) is 39.8 Å². The Balaban J connectivity index is 1.65. The van der Waals surface area contributed by atoms with E-state index in [1.54, 1.807) is 13.8 Å². The quantitative estimate of drug-likeness (QED) is 0.0341. The number of β-lactam (4-membered cyclic amide) rings is 1. The van der Waals surface area contributed by atoms with Crippen molar-refractivity contribution >= 4 is 59.8 Å². The number of esters is 1. The van der Waals surface area contributed by atoms with Crippen LogP contribution < -0.4 is 15.4 Å². The first kappa shape index (κ1) is 39.1. The zero-order valence-corrected chi connectivity index (χ0v) is 28.4. The molecule has 3 rings (SSSR count). The summed E-state index contributed by atoms with van der Waals surface area (Å²) in [4.78, 5) is 86.8. The Bertz CT molecular complexity index is 1540. The van der Waals surface area contributed by atoms with Crippen LogP contribution in [-0.4, -0.2) is 114 Å². The highest BCUT2D eigenvalue weighted by Gasteiger charge is 2.66. The molecule has 1 aromatic rings. The van der Waals surface area contributed by atoms with Crippen LogP contribution in [0.5, 0.6) is 5.75 Å². The van der Waals surface area contributed by atoms with Crippen LogP contribution in [0, 0.1) is 0 Å². The summed E-state index contributed by atoms with van der Waals surface area (Å²) in [6.07, 6.45) is -0.798. The molecule has 3 atom stereocenters. The van der Waals surface area contributed by atoms with Gasteiger partial charge in [0, 0.05) is 24.9 Å². The van der Waals surface area contributed by atoms with E-state index in [2.05, 4.69) is 15.4 Å². The fraction of sp³-hybridized carbons (Fsp3) is 0.452. The number of ether oxygens (including phenoxy) is 6. The molecule has 4 N–H and O–H groups in total.